The molecule has 0 atom stereocenters. The molecule has 0 bridgehead atoms. The summed E-state index contributed by atoms with van der Waals surface area (Å²) >= 11 is 0. The van der Waals surface area contributed by atoms with Crippen molar-refractivity contribution in [1.82, 2.24) is 5.32 Å². The molecular formula is C12H25N. The third kappa shape index (κ3) is 9.45. The van der Waals surface area contributed by atoms with Crippen LogP contribution in [0.2, 0.25) is 0 Å². The van der Waals surface area contributed by atoms with E-state index < -0.39 is 0 Å². The monoisotopic (exact) mass is 183 g/mol. The van der Waals surface area contributed by atoms with Gasteiger partial charge in [-0.15, -0.1) is 0 Å². The molecule has 13 heavy (non-hydrogen) atoms. The van der Waals surface area contributed by atoms with Crippen molar-refractivity contribution >= 4 is 0 Å². The minimum Gasteiger partial charge on any atom is -0.389 e. The summed E-state index contributed by atoms with van der Waals surface area (Å²) in [7, 11) is 0. The summed E-state index contributed by atoms with van der Waals surface area (Å²) in [6.07, 6.45) is 8.97. The molecule has 0 rings (SSSR count). The lowest BCUT2D eigenvalue weighted by Crippen LogP contribution is -2.13. The van der Waals surface area contributed by atoms with Crippen LogP contribution < -0.4 is 5.32 Å². The van der Waals surface area contributed by atoms with Gasteiger partial charge in [-0.2, -0.15) is 0 Å². The summed E-state index contributed by atoms with van der Waals surface area (Å²) in [4.78, 5) is 0. The van der Waals surface area contributed by atoms with Gasteiger partial charge < -0.3 is 5.32 Å². The van der Waals surface area contributed by atoms with Crippen LogP contribution in [0, 0.1) is 0 Å². The fraction of sp³-hybridized carbons (Fsp3) is 0.833. The molecule has 0 aliphatic rings. The Morgan fingerprint density at radius 1 is 1.00 bits per heavy atom. The molecule has 0 amide bonds. The van der Waals surface area contributed by atoms with E-state index >= 15 is 0 Å². The molecule has 0 aliphatic carbocycles. The Bertz CT molecular complexity index is 118. The predicted molar refractivity (Wildman–Crippen MR) is 60.8 cm³/mol. The lowest BCUT2D eigenvalue weighted by Gasteiger charge is -2.08. The molecule has 0 aromatic heterocycles. The van der Waals surface area contributed by atoms with Crippen LogP contribution in [0.25, 0.3) is 0 Å². The Morgan fingerprint density at radius 2 is 1.62 bits per heavy atom. The van der Waals surface area contributed by atoms with Crippen LogP contribution in [0.15, 0.2) is 12.3 Å². The summed E-state index contributed by atoms with van der Waals surface area (Å²) in [6.45, 7) is 9.59. The number of hydrogen-bond acceptors (Lipinski definition) is 1. The quantitative estimate of drug-likeness (QED) is 0.535. The highest BCUT2D eigenvalue weighted by Crippen LogP contribution is 2.04. The molecule has 0 heterocycles. The number of nitrogens with one attached hydrogen (secondary N) is 1. The van der Waals surface area contributed by atoms with Crippen LogP contribution in [-0.4, -0.2) is 6.54 Å². The van der Waals surface area contributed by atoms with E-state index in [2.05, 4.69) is 25.7 Å². The molecule has 0 spiro atoms. The lowest BCUT2D eigenvalue weighted by atomic mass is 10.1. The highest BCUT2D eigenvalue weighted by molar-refractivity contribution is 4.90. The Morgan fingerprint density at radius 3 is 2.23 bits per heavy atom. The van der Waals surface area contributed by atoms with Gasteiger partial charge in [0.15, 0.2) is 0 Å². The maximum Gasteiger partial charge on any atom is 0.0143 e. The molecule has 78 valence electrons. The van der Waals surface area contributed by atoms with Crippen LogP contribution in [0.5, 0.6) is 0 Å². The number of unbranched alkanes of at least 4 members (excludes halogenated alkanes) is 4. The first kappa shape index (κ1) is 12.5. The van der Waals surface area contributed by atoms with Gasteiger partial charge in [0.1, 0.15) is 0 Å². The van der Waals surface area contributed by atoms with Crippen molar-refractivity contribution in [2.75, 3.05) is 6.54 Å². The molecular weight excluding hydrogens is 158 g/mol. The second-order valence-electron chi connectivity index (χ2n) is 3.69. The topological polar surface area (TPSA) is 12.0 Å². The van der Waals surface area contributed by atoms with E-state index in [1.54, 1.807) is 0 Å². The van der Waals surface area contributed by atoms with Gasteiger partial charge in [-0.25, -0.2) is 0 Å². The van der Waals surface area contributed by atoms with E-state index in [0.29, 0.717) is 0 Å². The molecule has 1 heteroatoms. The predicted octanol–water partition coefficient (Wildman–Crippen LogP) is 3.86. The average molecular weight is 183 g/mol. The van der Waals surface area contributed by atoms with E-state index in [9.17, 15) is 0 Å². The molecule has 0 fully saturated rings. The summed E-state index contributed by atoms with van der Waals surface area (Å²) in [5, 5.41) is 3.38. The summed E-state index contributed by atoms with van der Waals surface area (Å²) in [6, 6.07) is 0. The van der Waals surface area contributed by atoms with Crippen molar-refractivity contribution < 1.29 is 0 Å². The van der Waals surface area contributed by atoms with E-state index in [1.165, 1.54) is 44.2 Å². The second kappa shape index (κ2) is 9.63. The normalized spacial score (nSPS) is 10.0. The minimum absolute atomic E-state index is 1.11. The maximum absolute atomic E-state index is 4.01. The lowest BCUT2D eigenvalue weighted by molar-refractivity contribution is 0.630. The molecule has 0 aliphatic heterocycles. The van der Waals surface area contributed by atoms with Crippen LogP contribution in [-0.2, 0) is 0 Å². The third-order valence-corrected chi connectivity index (χ3v) is 2.24. The highest BCUT2D eigenvalue weighted by atomic mass is 14.9. The van der Waals surface area contributed by atoms with Crippen LogP contribution in [0.3, 0.4) is 0 Å². The van der Waals surface area contributed by atoms with Gasteiger partial charge in [0.05, 0.1) is 0 Å². The molecule has 0 saturated heterocycles. The average Bonchev–Trinajstić information content (AvgIpc) is 2.13. The van der Waals surface area contributed by atoms with Gasteiger partial charge in [-0.3, -0.25) is 0 Å². The Hall–Kier alpha value is -0.460. The smallest absolute Gasteiger partial charge is 0.0143 e. The van der Waals surface area contributed by atoms with Crippen molar-refractivity contribution in [1.29, 1.82) is 0 Å². The van der Waals surface area contributed by atoms with Crippen molar-refractivity contribution in [3.63, 3.8) is 0 Å². The van der Waals surface area contributed by atoms with E-state index in [4.69, 9.17) is 0 Å². The van der Waals surface area contributed by atoms with Gasteiger partial charge in [0, 0.05) is 12.2 Å². The third-order valence-electron chi connectivity index (χ3n) is 2.24. The van der Waals surface area contributed by atoms with E-state index in [1.807, 2.05) is 0 Å². The van der Waals surface area contributed by atoms with E-state index in [-0.39, 0.29) is 0 Å². The Labute approximate surface area is 83.6 Å². The first-order valence-corrected chi connectivity index (χ1v) is 5.72. The number of allylic oxidation sites excluding steroid dienone is 1. The Balaban J connectivity index is 3.11. The molecule has 0 aromatic carbocycles. The van der Waals surface area contributed by atoms with Gasteiger partial charge in [0.25, 0.3) is 0 Å². The van der Waals surface area contributed by atoms with Crippen molar-refractivity contribution in [2.24, 2.45) is 0 Å². The highest BCUT2D eigenvalue weighted by Gasteiger charge is 1.92. The first-order chi connectivity index (χ1) is 6.31. The summed E-state index contributed by atoms with van der Waals surface area (Å²) in [5.41, 5.74) is 1.23. The SMILES string of the molecule is C=C(CCCCC)NCCCCC. The molecule has 0 aromatic rings. The van der Waals surface area contributed by atoms with Gasteiger partial charge in [-0.05, 0) is 19.3 Å². The van der Waals surface area contributed by atoms with E-state index in [0.717, 1.165) is 13.0 Å². The van der Waals surface area contributed by atoms with Gasteiger partial charge in [-0.1, -0.05) is 46.1 Å². The molecule has 1 nitrogen and oxygen atoms in total. The molecule has 0 radical (unpaired) electrons. The zero-order valence-electron chi connectivity index (χ0n) is 9.36. The molecule has 0 saturated carbocycles. The number of rotatable bonds is 9. The molecule has 1 N–H and O–H groups in total. The zero-order chi connectivity index (χ0) is 9.94. The standard InChI is InChI=1S/C12H25N/c1-4-6-8-10-12(3)13-11-9-7-5-2/h13H,3-11H2,1-2H3. The first-order valence-electron chi connectivity index (χ1n) is 5.72. The fourth-order valence-electron chi connectivity index (χ4n) is 1.32. The second-order valence-corrected chi connectivity index (χ2v) is 3.69. The minimum atomic E-state index is 1.11. The van der Waals surface area contributed by atoms with Gasteiger partial charge >= 0.3 is 0 Å². The van der Waals surface area contributed by atoms with Gasteiger partial charge in [0.2, 0.25) is 0 Å². The van der Waals surface area contributed by atoms with Crippen molar-refractivity contribution in [3.05, 3.63) is 12.3 Å². The van der Waals surface area contributed by atoms with Crippen LogP contribution in [0.4, 0.5) is 0 Å². The fourth-order valence-corrected chi connectivity index (χ4v) is 1.32. The molecule has 0 unspecified atom stereocenters. The largest absolute Gasteiger partial charge is 0.389 e. The maximum atomic E-state index is 4.01. The van der Waals surface area contributed by atoms with Crippen molar-refractivity contribution in [3.8, 4) is 0 Å². The zero-order valence-corrected chi connectivity index (χ0v) is 9.36. The summed E-state index contributed by atoms with van der Waals surface area (Å²) < 4.78 is 0. The van der Waals surface area contributed by atoms with Crippen LogP contribution in [0.1, 0.15) is 58.8 Å². The Kier molecular flexibility index (Phi) is 9.29. The van der Waals surface area contributed by atoms with Crippen LogP contribution >= 0.6 is 0 Å². The number of hydrogen-bond donors (Lipinski definition) is 1. The summed E-state index contributed by atoms with van der Waals surface area (Å²) in [5.74, 6) is 0. The van der Waals surface area contributed by atoms with Crippen molar-refractivity contribution in [2.45, 2.75) is 58.8 Å².